The molecule has 0 atom stereocenters. The number of alkyl halides is 3. The quantitative estimate of drug-likeness (QED) is 0.311. The highest BCUT2D eigenvalue weighted by Gasteiger charge is 2.49. The van der Waals surface area contributed by atoms with Crippen LogP contribution in [-0.2, 0) is 23.8 Å². The summed E-state index contributed by atoms with van der Waals surface area (Å²) in [6.45, 7) is 2.57. The second kappa shape index (κ2) is 10.4. The number of carbonyl (C=O) groups is 1. The topological polar surface area (TPSA) is 64.6 Å². The first-order valence-electron chi connectivity index (χ1n) is 11.1. The predicted octanol–water partition coefficient (Wildman–Crippen LogP) is 6.07. The van der Waals surface area contributed by atoms with Crippen molar-refractivity contribution in [3.05, 3.63) is 59.7 Å². The fourth-order valence-corrected chi connectivity index (χ4v) is 6.27. The summed E-state index contributed by atoms with van der Waals surface area (Å²) in [6.07, 6.45) is -3.18. The van der Waals surface area contributed by atoms with Gasteiger partial charge in [-0.1, -0.05) is 55.0 Å². The molecule has 0 saturated carbocycles. The first-order chi connectivity index (χ1) is 15.7. The van der Waals surface area contributed by atoms with Crippen LogP contribution in [0.3, 0.4) is 0 Å². The van der Waals surface area contributed by atoms with Gasteiger partial charge in [-0.2, -0.15) is 13.2 Å². The number of amides is 1. The summed E-state index contributed by atoms with van der Waals surface area (Å²) in [5.41, 5.74) is 1.78. The third-order valence-electron chi connectivity index (χ3n) is 5.79. The van der Waals surface area contributed by atoms with Gasteiger partial charge in [0.1, 0.15) is 12.0 Å². The van der Waals surface area contributed by atoms with Crippen molar-refractivity contribution < 1.29 is 31.6 Å². The van der Waals surface area contributed by atoms with Crippen LogP contribution >= 0.6 is 7.60 Å². The van der Waals surface area contributed by atoms with E-state index in [0.29, 0.717) is 24.0 Å². The molecule has 180 valence electrons. The van der Waals surface area contributed by atoms with Crippen molar-refractivity contribution >= 4 is 13.5 Å². The lowest BCUT2D eigenvalue weighted by molar-refractivity contribution is -0.141. The lowest BCUT2D eigenvalue weighted by Crippen LogP contribution is -2.47. The fourth-order valence-electron chi connectivity index (χ4n) is 4.54. The number of hydrogen-bond donors (Lipinski definition) is 1. The Morgan fingerprint density at radius 1 is 0.939 bits per heavy atom. The van der Waals surface area contributed by atoms with Gasteiger partial charge < -0.3 is 14.4 Å². The molecule has 2 aromatic rings. The molecule has 0 saturated heterocycles. The first kappa shape index (κ1) is 25.5. The predicted molar refractivity (Wildman–Crippen MR) is 121 cm³/mol. The molecule has 1 aliphatic rings. The van der Waals surface area contributed by atoms with Crippen molar-refractivity contribution in [3.63, 3.8) is 0 Å². The van der Waals surface area contributed by atoms with E-state index in [2.05, 4.69) is 5.32 Å². The Labute approximate surface area is 192 Å². The average molecular weight is 483 g/mol. The van der Waals surface area contributed by atoms with Gasteiger partial charge in [-0.25, -0.2) is 0 Å². The van der Waals surface area contributed by atoms with Crippen LogP contribution in [0, 0.1) is 0 Å². The SMILES string of the molecule is CCOP(=O)(CCCCC1(C(=O)NCC(F)(F)F)c2ccccc2-c2ccccc21)OCC. The molecule has 3 rings (SSSR count). The van der Waals surface area contributed by atoms with Crippen molar-refractivity contribution in [3.8, 4) is 11.1 Å². The van der Waals surface area contributed by atoms with Crippen molar-refractivity contribution in [1.29, 1.82) is 0 Å². The van der Waals surface area contributed by atoms with Crippen LogP contribution in [0.1, 0.15) is 44.2 Å². The number of rotatable bonds is 11. The standard InChI is InChI=1S/C24H29F3NO4P/c1-3-31-33(30,32-4-2)16-10-9-15-23(22(29)28-17-24(25,26)27)20-13-7-5-11-18(20)19-12-6-8-14-21(19)23/h5-8,11-14H,3-4,9-10,15-17H2,1-2H3,(H,28,29). The molecule has 0 aliphatic heterocycles. The molecule has 2 aromatic carbocycles. The van der Waals surface area contributed by atoms with Gasteiger partial charge in [0.05, 0.1) is 19.4 Å². The zero-order chi connectivity index (χ0) is 24.1. The van der Waals surface area contributed by atoms with Gasteiger partial charge in [0.15, 0.2) is 0 Å². The maximum atomic E-state index is 13.4. The molecule has 0 spiro atoms. The molecule has 0 fully saturated rings. The molecular formula is C24H29F3NO4P. The molecule has 5 nitrogen and oxygen atoms in total. The summed E-state index contributed by atoms with van der Waals surface area (Å²) in [5, 5.41) is 2.12. The molecule has 0 bridgehead atoms. The second-order valence-corrected chi connectivity index (χ2v) is 10.1. The van der Waals surface area contributed by atoms with Gasteiger partial charge >= 0.3 is 13.8 Å². The minimum absolute atomic E-state index is 0.179. The highest BCUT2D eigenvalue weighted by atomic mass is 31.2. The largest absolute Gasteiger partial charge is 0.405 e. The normalized spacial score (nSPS) is 14.6. The third-order valence-corrected chi connectivity index (χ3v) is 7.95. The van der Waals surface area contributed by atoms with E-state index in [1.165, 1.54) is 0 Å². The molecule has 33 heavy (non-hydrogen) atoms. The van der Waals surface area contributed by atoms with Crippen LogP contribution in [0.4, 0.5) is 13.2 Å². The molecule has 1 N–H and O–H groups in total. The summed E-state index contributed by atoms with van der Waals surface area (Å²) in [6, 6.07) is 14.6. The molecule has 9 heteroatoms. The Hall–Kier alpha value is -2.15. The molecule has 0 heterocycles. The van der Waals surface area contributed by atoms with Crippen LogP contribution in [0.25, 0.3) is 11.1 Å². The molecule has 0 unspecified atom stereocenters. The summed E-state index contributed by atoms with van der Waals surface area (Å²) in [5.74, 6) is -0.685. The van der Waals surface area contributed by atoms with Gasteiger partial charge in [0.2, 0.25) is 5.91 Å². The number of carbonyl (C=O) groups excluding carboxylic acids is 1. The van der Waals surface area contributed by atoms with Gasteiger partial charge in [0, 0.05) is 0 Å². The van der Waals surface area contributed by atoms with Crippen molar-refractivity contribution in [2.45, 2.75) is 44.7 Å². The van der Waals surface area contributed by atoms with E-state index in [4.69, 9.17) is 9.05 Å². The number of halogens is 3. The minimum atomic E-state index is -4.52. The maximum Gasteiger partial charge on any atom is 0.405 e. The van der Waals surface area contributed by atoms with E-state index < -0.39 is 31.6 Å². The number of hydrogen-bond acceptors (Lipinski definition) is 4. The number of unbranched alkanes of at least 4 members (excludes halogenated alkanes) is 1. The van der Waals surface area contributed by atoms with Gasteiger partial charge in [-0.3, -0.25) is 9.36 Å². The Morgan fingerprint density at radius 3 is 1.94 bits per heavy atom. The fraction of sp³-hybridized carbons (Fsp3) is 0.458. The van der Waals surface area contributed by atoms with Crippen LogP contribution in [0.5, 0.6) is 0 Å². The van der Waals surface area contributed by atoms with Crippen LogP contribution in [0.15, 0.2) is 48.5 Å². The molecule has 0 aromatic heterocycles. The lowest BCUT2D eigenvalue weighted by atomic mass is 9.73. The van der Waals surface area contributed by atoms with Gasteiger partial charge in [-0.05, 0) is 48.9 Å². The number of benzene rings is 2. The van der Waals surface area contributed by atoms with Crippen molar-refractivity contribution in [1.82, 2.24) is 5.32 Å². The highest BCUT2D eigenvalue weighted by Crippen LogP contribution is 2.53. The first-order valence-corrected chi connectivity index (χ1v) is 12.8. The minimum Gasteiger partial charge on any atom is -0.346 e. The van der Waals surface area contributed by atoms with E-state index >= 15 is 0 Å². The summed E-state index contributed by atoms with van der Waals surface area (Å²) in [7, 11) is -3.24. The van der Waals surface area contributed by atoms with Crippen molar-refractivity contribution in [2.75, 3.05) is 25.9 Å². The van der Waals surface area contributed by atoms with E-state index in [-0.39, 0.29) is 25.8 Å². The van der Waals surface area contributed by atoms with Crippen molar-refractivity contribution in [2.24, 2.45) is 0 Å². The second-order valence-electron chi connectivity index (χ2n) is 7.92. The molecule has 0 radical (unpaired) electrons. The van der Waals surface area contributed by atoms with E-state index in [9.17, 15) is 22.5 Å². The zero-order valence-electron chi connectivity index (χ0n) is 18.8. The highest BCUT2D eigenvalue weighted by molar-refractivity contribution is 7.53. The van der Waals surface area contributed by atoms with Crippen LogP contribution in [-0.4, -0.2) is 38.0 Å². The Balaban J connectivity index is 1.92. The maximum absolute atomic E-state index is 13.4. The summed E-state index contributed by atoms with van der Waals surface area (Å²) < 4.78 is 62.2. The van der Waals surface area contributed by atoms with Crippen LogP contribution in [0.2, 0.25) is 0 Å². The third kappa shape index (κ3) is 5.51. The van der Waals surface area contributed by atoms with Crippen LogP contribution < -0.4 is 5.32 Å². The zero-order valence-corrected chi connectivity index (χ0v) is 19.7. The van der Waals surface area contributed by atoms with E-state index in [1.54, 1.807) is 38.1 Å². The lowest BCUT2D eigenvalue weighted by Gasteiger charge is -2.31. The molecule has 1 amide bonds. The van der Waals surface area contributed by atoms with E-state index in [0.717, 1.165) is 11.1 Å². The summed E-state index contributed by atoms with van der Waals surface area (Å²) >= 11 is 0. The van der Waals surface area contributed by atoms with Gasteiger partial charge in [-0.15, -0.1) is 0 Å². The Morgan fingerprint density at radius 2 is 1.45 bits per heavy atom. The Bertz CT molecular complexity index is 969. The number of nitrogens with one attached hydrogen (secondary N) is 1. The van der Waals surface area contributed by atoms with E-state index in [1.807, 2.05) is 24.3 Å². The Kier molecular flexibility index (Phi) is 8.04. The molecule has 1 aliphatic carbocycles. The monoisotopic (exact) mass is 483 g/mol. The smallest absolute Gasteiger partial charge is 0.346 e. The number of fused-ring (bicyclic) bond motifs is 3. The van der Waals surface area contributed by atoms with Gasteiger partial charge in [0.25, 0.3) is 0 Å². The summed E-state index contributed by atoms with van der Waals surface area (Å²) in [4.78, 5) is 13.4. The average Bonchev–Trinajstić information content (AvgIpc) is 3.06. The molecular weight excluding hydrogens is 454 g/mol.